The van der Waals surface area contributed by atoms with Gasteiger partial charge in [-0.15, -0.1) is 0 Å². The van der Waals surface area contributed by atoms with Crippen molar-refractivity contribution in [1.82, 2.24) is 0 Å². The lowest BCUT2D eigenvalue weighted by Gasteiger charge is -2.12. The van der Waals surface area contributed by atoms with E-state index in [1.165, 1.54) is 25.1 Å². The molecule has 0 aliphatic heterocycles. The molecule has 0 unspecified atom stereocenters. The Hall–Kier alpha value is -2.54. The molecule has 0 atom stereocenters. The topological polar surface area (TPSA) is 176 Å². The summed E-state index contributed by atoms with van der Waals surface area (Å²) >= 11 is 0. The Bertz CT molecular complexity index is 1120. The molecule has 0 spiro atoms. The lowest BCUT2D eigenvalue weighted by Crippen LogP contribution is -2.15. The minimum Gasteiger partial charge on any atom is -0.369 e. The summed E-state index contributed by atoms with van der Waals surface area (Å²) in [5.74, 6) is -0.627. The number of carbonyl (C=O) groups excluding carboxylic acids is 1. The Morgan fingerprint density at radius 3 is 2.23 bits per heavy atom. The average molecular weight is 401 g/mol. The van der Waals surface area contributed by atoms with Crippen LogP contribution in [0.4, 0.5) is 5.69 Å². The third-order valence-electron chi connectivity index (χ3n) is 3.32. The van der Waals surface area contributed by atoms with E-state index < -0.39 is 35.9 Å². The predicted octanol–water partition coefficient (Wildman–Crippen LogP) is 0.996. The van der Waals surface area contributed by atoms with Crippen molar-refractivity contribution in [3.05, 3.63) is 30.3 Å². The number of primary amides is 1. The fourth-order valence-electron chi connectivity index (χ4n) is 2.33. The smallest absolute Gasteiger partial charge is 0.295 e. The zero-order valence-corrected chi connectivity index (χ0v) is 15.0. The zero-order chi connectivity index (χ0) is 19.7. The van der Waals surface area contributed by atoms with Crippen molar-refractivity contribution in [3.63, 3.8) is 0 Å². The number of hydrazone groups is 1. The van der Waals surface area contributed by atoms with Gasteiger partial charge in [-0.05, 0) is 25.1 Å². The lowest BCUT2D eigenvalue weighted by molar-refractivity contribution is -0.116. The molecule has 0 heterocycles. The largest absolute Gasteiger partial charge is 0.369 e. The van der Waals surface area contributed by atoms with Gasteiger partial charge in [0, 0.05) is 16.5 Å². The van der Waals surface area contributed by atoms with Crippen LogP contribution in [0.2, 0.25) is 0 Å². The maximum Gasteiger partial charge on any atom is 0.295 e. The third-order valence-corrected chi connectivity index (χ3v) is 5.12. The molecule has 0 aliphatic rings. The molecule has 0 fully saturated rings. The van der Waals surface area contributed by atoms with Gasteiger partial charge in [0.2, 0.25) is 5.91 Å². The van der Waals surface area contributed by atoms with Gasteiger partial charge in [0.1, 0.15) is 9.79 Å². The summed E-state index contributed by atoms with van der Waals surface area (Å²) in [5.41, 5.74) is 7.88. The van der Waals surface area contributed by atoms with Crippen LogP contribution < -0.4 is 11.2 Å². The molecule has 10 nitrogen and oxygen atoms in total. The summed E-state index contributed by atoms with van der Waals surface area (Å²) < 4.78 is 65.2. The molecular weight excluding hydrogens is 386 g/mol. The molecule has 0 saturated heterocycles. The van der Waals surface area contributed by atoms with Crippen LogP contribution in [-0.2, 0) is 25.0 Å². The van der Waals surface area contributed by atoms with Crippen LogP contribution in [0, 0.1) is 0 Å². The van der Waals surface area contributed by atoms with Gasteiger partial charge in [0.05, 0.1) is 12.1 Å². The molecule has 2 aromatic rings. The van der Waals surface area contributed by atoms with Crippen molar-refractivity contribution in [1.29, 1.82) is 0 Å². The summed E-state index contributed by atoms with van der Waals surface area (Å²) in [6.45, 7) is 1.50. The minimum atomic E-state index is -4.71. The van der Waals surface area contributed by atoms with Gasteiger partial charge in [-0.1, -0.05) is 12.1 Å². The standard InChI is InChI=1S/C14H15N3O7S2/c1-8(7-13(15)18)16-17-10-5-6-11(25(19,20)21)9-3-2-4-12(14(9)10)26(22,23)24/h2-6,17H,7H2,1H3,(H2,15,18)(H,19,20,21)(H,22,23,24)/b16-8-. The first-order chi connectivity index (χ1) is 11.9. The zero-order valence-electron chi connectivity index (χ0n) is 13.4. The van der Waals surface area contributed by atoms with Crippen LogP contribution in [0.5, 0.6) is 0 Å². The SMILES string of the molecule is C/C(CC(N)=O)=N/Nc1ccc(S(=O)(=O)O)c2cccc(S(=O)(=O)O)c12. The number of rotatable bonds is 6. The summed E-state index contributed by atoms with van der Waals surface area (Å²) in [4.78, 5) is 9.76. The predicted molar refractivity (Wildman–Crippen MR) is 94.1 cm³/mol. The van der Waals surface area contributed by atoms with Gasteiger partial charge in [-0.25, -0.2) is 0 Å². The normalized spacial score (nSPS) is 13.0. The molecule has 1 amide bonds. The van der Waals surface area contributed by atoms with Crippen LogP contribution in [0.3, 0.4) is 0 Å². The highest BCUT2D eigenvalue weighted by molar-refractivity contribution is 7.86. The van der Waals surface area contributed by atoms with Crippen molar-refractivity contribution >= 4 is 48.3 Å². The van der Waals surface area contributed by atoms with Gasteiger partial charge in [-0.3, -0.25) is 19.3 Å². The average Bonchev–Trinajstić information content (AvgIpc) is 2.49. The number of nitrogens with two attached hydrogens (primary N) is 1. The second-order valence-corrected chi connectivity index (χ2v) is 8.12. The number of fused-ring (bicyclic) bond motifs is 1. The summed E-state index contributed by atoms with van der Waals surface area (Å²) in [6, 6.07) is 5.76. The van der Waals surface area contributed by atoms with Crippen molar-refractivity contribution in [3.8, 4) is 0 Å². The minimum absolute atomic E-state index is 0.0319. The molecular formula is C14H15N3O7S2. The number of anilines is 1. The van der Waals surface area contributed by atoms with E-state index in [9.17, 15) is 30.7 Å². The number of hydrogen-bond donors (Lipinski definition) is 4. The molecule has 140 valence electrons. The fraction of sp³-hybridized carbons (Fsp3) is 0.143. The van der Waals surface area contributed by atoms with Crippen molar-refractivity contribution in [2.45, 2.75) is 23.1 Å². The molecule has 2 rings (SSSR count). The van der Waals surface area contributed by atoms with Gasteiger partial charge in [0.25, 0.3) is 20.2 Å². The maximum atomic E-state index is 11.7. The number of benzene rings is 2. The number of amides is 1. The van der Waals surface area contributed by atoms with Crippen LogP contribution in [0.1, 0.15) is 13.3 Å². The van der Waals surface area contributed by atoms with Crippen LogP contribution in [0.15, 0.2) is 45.2 Å². The molecule has 5 N–H and O–H groups in total. The molecule has 0 saturated carbocycles. The first kappa shape index (κ1) is 19.8. The van der Waals surface area contributed by atoms with Gasteiger partial charge in [0.15, 0.2) is 0 Å². The fourth-order valence-corrected chi connectivity index (χ4v) is 3.74. The van der Waals surface area contributed by atoms with Gasteiger partial charge >= 0.3 is 0 Å². The Kier molecular flexibility index (Phi) is 5.32. The molecule has 0 radical (unpaired) electrons. The van der Waals surface area contributed by atoms with E-state index in [4.69, 9.17) is 5.73 Å². The summed E-state index contributed by atoms with van der Waals surface area (Å²) in [7, 11) is -9.37. The molecule has 0 aliphatic carbocycles. The number of carbonyl (C=O) groups is 1. The van der Waals surface area contributed by atoms with Crippen LogP contribution >= 0.6 is 0 Å². The van der Waals surface area contributed by atoms with Crippen molar-refractivity contribution in [2.75, 3.05) is 5.43 Å². The van der Waals surface area contributed by atoms with E-state index in [1.807, 2.05) is 0 Å². The summed E-state index contributed by atoms with van der Waals surface area (Å²) in [5, 5.41) is 3.54. The van der Waals surface area contributed by atoms with E-state index >= 15 is 0 Å². The Morgan fingerprint density at radius 1 is 1.08 bits per heavy atom. The Labute approximate surface area is 149 Å². The van der Waals surface area contributed by atoms with Crippen LogP contribution in [-0.4, -0.2) is 37.6 Å². The van der Waals surface area contributed by atoms with E-state index in [-0.39, 0.29) is 28.6 Å². The van der Waals surface area contributed by atoms with E-state index in [0.717, 1.165) is 12.1 Å². The number of hydrogen-bond acceptors (Lipinski definition) is 7. The Balaban J connectivity index is 2.78. The van der Waals surface area contributed by atoms with Crippen LogP contribution in [0.25, 0.3) is 10.8 Å². The maximum absolute atomic E-state index is 11.7. The highest BCUT2D eigenvalue weighted by Crippen LogP contribution is 2.34. The molecule has 12 heteroatoms. The van der Waals surface area contributed by atoms with Gasteiger partial charge < -0.3 is 5.73 Å². The van der Waals surface area contributed by atoms with Crippen molar-refractivity contribution in [2.24, 2.45) is 10.8 Å². The molecule has 0 bridgehead atoms. The summed E-state index contributed by atoms with van der Waals surface area (Å²) in [6.07, 6.45) is -0.154. The highest BCUT2D eigenvalue weighted by atomic mass is 32.2. The van der Waals surface area contributed by atoms with E-state index in [0.29, 0.717) is 0 Å². The number of nitrogens with zero attached hydrogens (tertiary/aromatic N) is 1. The second kappa shape index (κ2) is 6.99. The van der Waals surface area contributed by atoms with Crippen molar-refractivity contribution < 1.29 is 30.7 Å². The molecule has 0 aromatic heterocycles. The third kappa shape index (κ3) is 4.35. The van der Waals surface area contributed by atoms with E-state index in [1.54, 1.807) is 0 Å². The van der Waals surface area contributed by atoms with E-state index in [2.05, 4.69) is 10.5 Å². The Morgan fingerprint density at radius 2 is 1.69 bits per heavy atom. The monoisotopic (exact) mass is 401 g/mol. The number of nitrogens with one attached hydrogen (secondary N) is 1. The van der Waals surface area contributed by atoms with Gasteiger partial charge in [-0.2, -0.15) is 21.9 Å². The lowest BCUT2D eigenvalue weighted by atomic mass is 10.1. The second-order valence-electron chi connectivity index (χ2n) is 5.34. The highest BCUT2D eigenvalue weighted by Gasteiger charge is 2.22. The first-order valence-electron chi connectivity index (χ1n) is 6.99. The molecule has 2 aromatic carbocycles. The molecule has 26 heavy (non-hydrogen) atoms. The first-order valence-corrected chi connectivity index (χ1v) is 9.87. The quantitative estimate of drug-likeness (QED) is 0.314.